The molecule has 0 spiro atoms. The number of piperidine rings is 1. The van der Waals surface area contributed by atoms with Gasteiger partial charge in [0.05, 0.1) is 6.61 Å². The minimum absolute atomic E-state index is 0.0714. The first-order valence-electron chi connectivity index (χ1n) is 9.95. The summed E-state index contributed by atoms with van der Waals surface area (Å²) in [6.07, 6.45) is 1.23. The van der Waals surface area contributed by atoms with Crippen LogP contribution in [0.15, 0.2) is 24.3 Å². The van der Waals surface area contributed by atoms with E-state index in [1.54, 1.807) is 7.11 Å². The second-order valence-corrected chi connectivity index (χ2v) is 7.56. The molecule has 2 N–H and O–H groups in total. The highest BCUT2D eigenvalue weighted by Crippen LogP contribution is 2.23. The van der Waals surface area contributed by atoms with Crippen LogP contribution in [0.25, 0.3) is 0 Å². The lowest BCUT2D eigenvalue weighted by atomic mass is 9.88. The van der Waals surface area contributed by atoms with Crippen LogP contribution < -0.4 is 10.6 Å². The summed E-state index contributed by atoms with van der Waals surface area (Å²) < 4.78 is 18.1. The summed E-state index contributed by atoms with van der Waals surface area (Å²) in [7, 11) is 1.54. The zero-order valence-corrected chi connectivity index (χ0v) is 17.2. The van der Waals surface area contributed by atoms with Crippen LogP contribution in [0.1, 0.15) is 37.0 Å². The zero-order valence-electron chi connectivity index (χ0n) is 17.2. The standard InChI is InChI=1S/C21H30FN3O4/c1-14(2)21(28)25-11-8-15(9-12-25)18(20(27)23-10-13-29-3)24-19(26)16-4-6-17(22)7-5-16/h4-7,14-15,18H,8-13H2,1-3H3,(H,23,27)(H,24,26). The first-order valence-corrected chi connectivity index (χ1v) is 9.95. The molecule has 8 heteroatoms. The average molecular weight is 407 g/mol. The van der Waals surface area contributed by atoms with Crippen molar-refractivity contribution in [2.45, 2.75) is 32.7 Å². The summed E-state index contributed by atoms with van der Waals surface area (Å²) in [6.45, 7) is 5.54. The number of carbonyl (C=O) groups is 3. The normalized spacial score (nSPS) is 15.8. The quantitative estimate of drug-likeness (QED) is 0.641. The number of nitrogens with zero attached hydrogens (tertiary/aromatic N) is 1. The number of hydrogen-bond acceptors (Lipinski definition) is 4. The number of ether oxygens (including phenoxy) is 1. The van der Waals surface area contributed by atoms with Crippen LogP contribution in [-0.2, 0) is 14.3 Å². The van der Waals surface area contributed by atoms with Crippen LogP contribution in [0, 0.1) is 17.7 Å². The molecule has 2 rings (SSSR count). The molecule has 0 bridgehead atoms. The monoisotopic (exact) mass is 407 g/mol. The van der Waals surface area contributed by atoms with Gasteiger partial charge in [-0.2, -0.15) is 0 Å². The number of nitrogens with one attached hydrogen (secondary N) is 2. The first kappa shape index (κ1) is 22.8. The smallest absolute Gasteiger partial charge is 0.251 e. The van der Waals surface area contributed by atoms with Gasteiger partial charge in [0.2, 0.25) is 11.8 Å². The van der Waals surface area contributed by atoms with E-state index >= 15 is 0 Å². The van der Waals surface area contributed by atoms with Crippen LogP contribution in [0.4, 0.5) is 4.39 Å². The van der Waals surface area contributed by atoms with Gasteiger partial charge in [0.15, 0.2) is 0 Å². The van der Waals surface area contributed by atoms with E-state index < -0.39 is 17.8 Å². The van der Waals surface area contributed by atoms with E-state index in [2.05, 4.69) is 10.6 Å². The molecule has 1 fully saturated rings. The van der Waals surface area contributed by atoms with E-state index in [1.165, 1.54) is 24.3 Å². The van der Waals surface area contributed by atoms with Gasteiger partial charge in [-0.3, -0.25) is 14.4 Å². The van der Waals surface area contributed by atoms with Crippen molar-refractivity contribution in [1.29, 1.82) is 0 Å². The Morgan fingerprint density at radius 1 is 1.17 bits per heavy atom. The highest BCUT2D eigenvalue weighted by molar-refractivity contribution is 5.97. The van der Waals surface area contributed by atoms with Crippen molar-refractivity contribution in [3.63, 3.8) is 0 Å². The average Bonchev–Trinajstić information content (AvgIpc) is 2.72. The van der Waals surface area contributed by atoms with Crippen LogP contribution >= 0.6 is 0 Å². The summed E-state index contributed by atoms with van der Waals surface area (Å²) in [4.78, 5) is 39.4. The van der Waals surface area contributed by atoms with E-state index in [1.807, 2.05) is 18.7 Å². The van der Waals surface area contributed by atoms with Gasteiger partial charge in [-0.1, -0.05) is 13.8 Å². The molecule has 1 aromatic rings. The van der Waals surface area contributed by atoms with Crippen molar-refractivity contribution in [2.75, 3.05) is 33.4 Å². The van der Waals surface area contributed by atoms with Crippen LogP contribution in [0.5, 0.6) is 0 Å². The molecule has 1 atom stereocenters. The molecule has 0 radical (unpaired) electrons. The van der Waals surface area contributed by atoms with Crippen molar-refractivity contribution in [3.05, 3.63) is 35.6 Å². The molecule has 1 saturated heterocycles. The molecule has 1 aliphatic heterocycles. The van der Waals surface area contributed by atoms with Gasteiger partial charge < -0.3 is 20.3 Å². The second kappa shape index (κ2) is 10.9. The summed E-state index contributed by atoms with van der Waals surface area (Å²) in [5, 5.41) is 5.58. The second-order valence-electron chi connectivity index (χ2n) is 7.56. The molecular formula is C21H30FN3O4. The molecule has 29 heavy (non-hydrogen) atoms. The first-order chi connectivity index (χ1) is 13.8. The number of halogens is 1. The Labute approximate surface area is 171 Å². The lowest BCUT2D eigenvalue weighted by Crippen LogP contribution is -2.54. The topological polar surface area (TPSA) is 87.7 Å². The fourth-order valence-electron chi connectivity index (χ4n) is 3.43. The minimum atomic E-state index is -0.735. The number of benzene rings is 1. The Balaban J connectivity index is 2.07. The molecule has 160 valence electrons. The van der Waals surface area contributed by atoms with Gasteiger partial charge in [0.25, 0.3) is 5.91 Å². The van der Waals surface area contributed by atoms with Crippen molar-refractivity contribution in [2.24, 2.45) is 11.8 Å². The van der Waals surface area contributed by atoms with Crippen molar-refractivity contribution < 1.29 is 23.5 Å². The molecule has 1 aliphatic rings. The molecule has 0 aliphatic carbocycles. The summed E-state index contributed by atoms with van der Waals surface area (Å²) in [5.74, 6) is -1.22. The van der Waals surface area contributed by atoms with Crippen molar-refractivity contribution in [1.82, 2.24) is 15.5 Å². The van der Waals surface area contributed by atoms with E-state index in [-0.39, 0.29) is 29.2 Å². The third kappa shape index (κ3) is 6.52. The fraction of sp³-hybridized carbons (Fsp3) is 0.571. The lowest BCUT2D eigenvalue weighted by molar-refractivity contribution is -0.136. The molecular weight excluding hydrogens is 377 g/mol. The number of methoxy groups -OCH3 is 1. The number of amides is 3. The SMILES string of the molecule is COCCNC(=O)C(NC(=O)c1ccc(F)cc1)C1CCN(C(=O)C(C)C)CC1. The number of likely N-dealkylation sites (tertiary alicyclic amines) is 1. The van der Waals surface area contributed by atoms with Crippen molar-refractivity contribution in [3.8, 4) is 0 Å². The van der Waals surface area contributed by atoms with Gasteiger partial charge in [-0.25, -0.2) is 4.39 Å². The Bertz CT molecular complexity index is 700. The summed E-state index contributed by atoms with van der Waals surface area (Å²) in [6, 6.07) is 4.45. The van der Waals surface area contributed by atoms with Crippen LogP contribution in [-0.4, -0.2) is 62.0 Å². The minimum Gasteiger partial charge on any atom is -0.383 e. The Hall–Kier alpha value is -2.48. The maximum atomic E-state index is 13.1. The maximum absolute atomic E-state index is 13.1. The lowest BCUT2D eigenvalue weighted by Gasteiger charge is -2.36. The van der Waals surface area contributed by atoms with Crippen LogP contribution in [0.3, 0.4) is 0 Å². The van der Waals surface area contributed by atoms with E-state index in [9.17, 15) is 18.8 Å². The van der Waals surface area contributed by atoms with E-state index in [0.29, 0.717) is 39.1 Å². The van der Waals surface area contributed by atoms with Gasteiger partial charge >= 0.3 is 0 Å². The van der Waals surface area contributed by atoms with E-state index in [0.717, 1.165) is 0 Å². The number of carbonyl (C=O) groups excluding carboxylic acids is 3. The summed E-state index contributed by atoms with van der Waals surface area (Å²) >= 11 is 0. The van der Waals surface area contributed by atoms with Crippen LogP contribution in [0.2, 0.25) is 0 Å². The third-order valence-electron chi connectivity index (χ3n) is 5.10. The Kier molecular flexibility index (Phi) is 8.57. The predicted octanol–water partition coefficient (Wildman–Crippen LogP) is 1.58. The van der Waals surface area contributed by atoms with Gasteiger partial charge in [0.1, 0.15) is 11.9 Å². The fourth-order valence-corrected chi connectivity index (χ4v) is 3.43. The Morgan fingerprint density at radius 2 is 1.79 bits per heavy atom. The summed E-state index contributed by atoms with van der Waals surface area (Å²) in [5.41, 5.74) is 0.286. The van der Waals surface area contributed by atoms with Gasteiger partial charge in [0, 0.05) is 38.2 Å². The highest BCUT2D eigenvalue weighted by atomic mass is 19.1. The molecule has 1 heterocycles. The Morgan fingerprint density at radius 3 is 2.34 bits per heavy atom. The van der Waals surface area contributed by atoms with Gasteiger partial charge in [-0.15, -0.1) is 0 Å². The zero-order chi connectivity index (χ0) is 21.4. The van der Waals surface area contributed by atoms with Crippen molar-refractivity contribution >= 4 is 17.7 Å². The maximum Gasteiger partial charge on any atom is 0.251 e. The largest absolute Gasteiger partial charge is 0.383 e. The molecule has 0 saturated carbocycles. The molecule has 7 nitrogen and oxygen atoms in total. The highest BCUT2D eigenvalue weighted by Gasteiger charge is 2.34. The predicted molar refractivity (Wildman–Crippen MR) is 107 cm³/mol. The molecule has 3 amide bonds. The molecule has 0 aromatic heterocycles. The third-order valence-corrected chi connectivity index (χ3v) is 5.10. The van der Waals surface area contributed by atoms with Gasteiger partial charge in [-0.05, 0) is 43.0 Å². The number of rotatable bonds is 8. The molecule has 1 aromatic carbocycles. The number of hydrogen-bond donors (Lipinski definition) is 2. The molecule has 1 unspecified atom stereocenters. The van der Waals surface area contributed by atoms with E-state index in [4.69, 9.17) is 4.74 Å².